The van der Waals surface area contributed by atoms with Gasteiger partial charge in [-0.05, 0) is 32.4 Å². The first kappa shape index (κ1) is 18.4. The van der Waals surface area contributed by atoms with Crippen molar-refractivity contribution in [3.63, 3.8) is 0 Å². The summed E-state index contributed by atoms with van der Waals surface area (Å²) in [6, 6.07) is 4.02. The van der Waals surface area contributed by atoms with E-state index in [1.54, 1.807) is 16.8 Å². The number of benzene rings is 1. The van der Waals surface area contributed by atoms with Gasteiger partial charge in [-0.3, -0.25) is 4.57 Å². The lowest BCUT2D eigenvalue weighted by Crippen LogP contribution is -2.31. The van der Waals surface area contributed by atoms with Crippen LogP contribution in [0.15, 0.2) is 29.4 Å². The van der Waals surface area contributed by atoms with E-state index in [9.17, 15) is 13.6 Å². The predicted molar refractivity (Wildman–Crippen MR) is 93.1 cm³/mol. The topological polar surface area (TPSA) is 64.9 Å². The Hall–Kier alpha value is -2.42. The van der Waals surface area contributed by atoms with Gasteiger partial charge in [-0.15, -0.1) is 20.1 Å². The molecule has 2 amide bonds. The number of amides is 2. The third kappa shape index (κ3) is 4.04. The fourth-order valence-corrected chi connectivity index (χ4v) is 3.47. The maximum absolute atomic E-state index is 13.2. The Balaban J connectivity index is 1.91. The van der Waals surface area contributed by atoms with Crippen LogP contribution in [-0.2, 0) is 0 Å². The standard InChI is InChI=1S/C17H19F2N3O3S/c1-4-5-10(2)20-15(23)21-16-22(9-11(3)26-16)12-6-7-13-14(8-12)25-17(18,19)24-13/h6-10H,4-5H2,1-3H3,(H,20,23). The van der Waals surface area contributed by atoms with Gasteiger partial charge in [-0.1, -0.05) is 13.3 Å². The summed E-state index contributed by atoms with van der Waals surface area (Å²) in [6.45, 7) is 5.83. The summed E-state index contributed by atoms with van der Waals surface area (Å²) in [7, 11) is 0. The van der Waals surface area contributed by atoms with Crippen molar-refractivity contribution in [1.29, 1.82) is 0 Å². The Bertz CT molecular complexity index is 892. The summed E-state index contributed by atoms with van der Waals surface area (Å²) < 4.78 is 36.9. The molecule has 2 aromatic rings. The summed E-state index contributed by atoms with van der Waals surface area (Å²) >= 11 is 1.33. The van der Waals surface area contributed by atoms with Gasteiger partial charge in [-0.2, -0.15) is 4.99 Å². The molecule has 1 aliphatic rings. The molecule has 1 atom stereocenters. The van der Waals surface area contributed by atoms with E-state index >= 15 is 0 Å². The lowest BCUT2D eigenvalue weighted by atomic mass is 10.2. The highest BCUT2D eigenvalue weighted by molar-refractivity contribution is 7.09. The highest BCUT2D eigenvalue weighted by Crippen LogP contribution is 2.41. The minimum absolute atomic E-state index is 0.0264. The highest BCUT2D eigenvalue weighted by atomic mass is 32.1. The van der Waals surface area contributed by atoms with Crippen LogP contribution in [0.4, 0.5) is 13.6 Å². The van der Waals surface area contributed by atoms with E-state index in [0.717, 1.165) is 17.7 Å². The third-order valence-corrected chi connectivity index (χ3v) is 4.62. The number of hydrogen-bond acceptors (Lipinski definition) is 4. The molecule has 0 radical (unpaired) electrons. The van der Waals surface area contributed by atoms with Crippen LogP contribution < -0.4 is 19.6 Å². The molecule has 0 saturated carbocycles. The number of carbonyl (C=O) groups is 1. The normalized spacial score (nSPS) is 16.6. The molecule has 3 rings (SSSR count). The molecule has 140 valence electrons. The number of nitrogens with zero attached hydrogens (tertiary/aromatic N) is 2. The lowest BCUT2D eigenvalue weighted by molar-refractivity contribution is -0.286. The van der Waals surface area contributed by atoms with Crippen LogP contribution in [0.3, 0.4) is 0 Å². The molecule has 0 aliphatic carbocycles. The summed E-state index contributed by atoms with van der Waals surface area (Å²) in [4.78, 5) is 17.6. The number of rotatable bonds is 4. The summed E-state index contributed by atoms with van der Waals surface area (Å²) in [6.07, 6.45) is -0.0664. The van der Waals surface area contributed by atoms with Crippen molar-refractivity contribution in [3.05, 3.63) is 34.1 Å². The van der Waals surface area contributed by atoms with Gasteiger partial charge in [0, 0.05) is 23.2 Å². The van der Waals surface area contributed by atoms with Gasteiger partial charge in [0.25, 0.3) is 0 Å². The Labute approximate surface area is 153 Å². The quantitative estimate of drug-likeness (QED) is 0.869. The minimum atomic E-state index is -3.67. The summed E-state index contributed by atoms with van der Waals surface area (Å²) in [5, 5.41) is 2.81. The molecule has 1 N–H and O–H groups in total. The zero-order valence-corrected chi connectivity index (χ0v) is 15.4. The molecular weight excluding hydrogens is 364 g/mol. The van der Waals surface area contributed by atoms with E-state index in [-0.39, 0.29) is 17.5 Å². The number of fused-ring (bicyclic) bond motifs is 1. The average Bonchev–Trinajstić information content (AvgIpc) is 3.03. The smallest absolute Gasteiger partial charge is 0.395 e. The number of carbonyl (C=O) groups excluding carboxylic acids is 1. The molecular formula is C17H19F2N3O3S. The number of thiazole rings is 1. The van der Waals surface area contributed by atoms with E-state index in [2.05, 4.69) is 19.8 Å². The van der Waals surface area contributed by atoms with Crippen molar-refractivity contribution >= 4 is 17.4 Å². The number of aryl methyl sites for hydroxylation is 1. The number of nitrogens with one attached hydrogen (secondary N) is 1. The van der Waals surface area contributed by atoms with Crippen molar-refractivity contribution in [1.82, 2.24) is 9.88 Å². The summed E-state index contributed by atoms with van der Waals surface area (Å²) in [5.74, 6) is -0.0910. The number of urea groups is 1. The first-order valence-corrected chi connectivity index (χ1v) is 9.03. The van der Waals surface area contributed by atoms with Crippen molar-refractivity contribution in [2.24, 2.45) is 4.99 Å². The maximum Gasteiger partial charge on any atom is 0.586 e. The second-order valence-corrected chi connectivity index (χ2v) is 7.26. The SMILES string of the molecule is CCCC(C)NC(=O)N=c1sc(C)cn1-c1ccc2c(c1)OC(F)(F)O2. The second-order valence-electron chi connectivity index (χ2n) is 6.04. The van der Waals surface area contributed by atoms with Gasteiger partial charge in [0.15, 0.2) is 16.3 Å². The van der Waals surface area contributed by atoms with Gasteiger partial charge in [-0.25, -0.2) is 4.79 Å². The number of halogens is 2. The summed E-state index contributed by atoms with van der Waals surface area (Å²) in [5.41, 5.74) is 0.544. The Morgan fingerprint density at radius 2 is 2.12 bits per heavy atom. The van der Waals surface area contributed by atoms with E-state index in [1.165, 1.54) is 23.5 Å². The van der Waals surface area contributed by atoms with Gasteiger partial charge in [0.1, 0.15) is 0 Å². The lowest BCUT2D eigenvalue weighted by Gasteiger charge is -2.09. The molecule has 0 spiro atoms. The highest BCUT2D eigenvalue weighted by Gasteiger charge is 2.43. The molecule has 1 aromatic heterocycles. The Morgan fingerprint density at radius 3 is 2.85 bits per heavy atom. The third-order valence-electron chi connectivity index (χ3n) is 3.72. The first-order chi connectivity index (χ1) is 12.3. The fraction of sp³-hybridized carbons (Fsp3) is 0.412. The molecule has 0 bridgehead atoms. The average molecular weight is 383 g/mol. The number of aromatic nitrogens is 1. The molecule has 26 heavy (non-hydrogen) atoms. The van der Waals surface area contributed by atoms with E-state index in [4.69, 9.17) is 0 Å². The van der Waals surface area contributed by atoms with Gasteiger partial charge in [0.2, 0.25) is 0 Å². The van der Waals surface area contributed by atoms with Crippen molar-refractivity contribution in [2.75, 3.05) is 0 Å². The monoisotopic (exact) mass is 383 g/mol. The van der Waals surface area contributed by atoms with Gasteiger partial charge >= 0.3 is 12.3 Å². The predicted octanol–water partition coefficient (Wildman–Crippen LogP) is 3.97. The van der Waals surface area contributed by atoms with Crippen molar-refractivity contribution in [2.45, 2.75) is 45.9 Å². The molecule has 2 heterocycles. The largest absolute Gasteiger partial charge is 0.586 e. The van der Waals surface area contributed by atoms with Crippen LogP contribution in [0, 0.1) is 6.92 Å². The minimum Gasteiger partial charge on any atom is -0.395 e. The fourth-order valence-electron chi connectivity index (χ4n) is 2.64. The van der Waals surface area contributed by atoms with Gasteiger partial charge in [0.05, 0.1) is 5.69 Å². The molecule has 1 aliphatic heterocycles. The molecule has 1 aromatic carbocycles. The van der Waals surface area contributed by atoms with E-state index < -0.39 is 12.3 Å². The van der Waals surface area contributed by atoms with Crippen LogP contribution in [0.1, 0.15) is 31.6 Å². The van der Waals surface area contributed by atoms with Crippen LogP contribution >= 0.6 is 11.3 Å². The first-order valence-electron chi connectivity index (χ1n) is 8.22. The molecule has 1 unspecified atom stereocenters. The second kappa shape index (κ2) is 7.06. The molecule has 9 heteroatoms. The van der Waals surface area contributed by atoms with Gasteiger partial charge < -0.3 is 14.8 Å². The number of alkyl halides is 2. The number of hydrogen-bond donors (Lipinski definition) is 1. The Morgan fingerprint density at radius 1 is 1.38 bits per heavy atom. The van der Waals surface area contributed by atoms with Crippen molar-refractivity contribution < 1.29 is 23.0 Å². The van der Waals surface area contributed by atoms with Crippen LogP contribution in [0.2, 0.25) is 0 Å². The zero-order valence-electron chi connectivity index (χ0n) is 14.6. The zero-order chi connectivity index (χ0) is 18.9. The van der Waals surface area contributed by atoms with Crippen LogP contribution in [-0.4, -0.2) is 22.9 Å². The van der Waals surface area contributed by atoms with Crippen LogP contribution in [0.5, 0.6) is 11.5 Å². The molecule has 6 nitrogen and oxygen atoms in total. The van der Waals surface area contributed by atoms with E-state index in [0.29, 0.717) is 10.5 Å². The Kier molecular flexibility index (Phi) is 4.99. The number of ether oxygens (including phenoxy) is 2. The van der Waals surface area contributed by atoms with Crippen LogP contribution in [0.25, 0.3) is 5.69 Å². The molecule has 0 fully saturated rings. The van der Waals surface area contributed by atoms with E-state index in [1.807, 2.05) is 20.8 Å². The maximum atomic E-state index is 13.2. The van der Waals surface area contributed by atoms with Crippen molar-refractivity contribution in [3.8, 4) is 17.2 Å². The molecule has 0 saturated heterocycles.